The van der Waals surface area contributed by atoms with Crippen molar-refractivity contribution in [2.45, 2.75) is 12.8 Å². The average molecular weight is 278 g/mol. The number of hydrogen-bond acceptors (Lipinski definition) is 5. The molecule has 0 spiro atoms. The van der Waals surface area contributed by atoms with Crippen molar-refractivity contribution in [3.8, 4) is 5.75 Å². The van der Waals surface area contributed by atoms with Crippen LogP contribution >= 0.6 is 0 Å². The van der Waals surface area contributed by atoms with Crippen LogP contribution in [0.15, 0.2) is 18.2 Å². The lowest BCUT2D eigenvalue weighted by Crippen LogP contribution is -2.32. The fourth-order valence-electron chi connectivity index (χ4n) is 2.13. The third-order valence-corrected chi connectivity index (χ3v) is 3.25. The van der Waals surface area contributed by atoms with E-state index in [0.29, 0.717) is 17.0 Å². The number of rotatable bonds is 4. The molecule has 1 heterocycles. The Labute approximate surface area is 117 Å². The first-order chi connectivity index (χ1) is 9.61. The fourth-order valence-corrected chi connectivity index (χ4v) is 2.13. The van der Waals surface area contributed by atoms with Gasteiger partial charge in [-0.1, -0.05) is 0 Å². The minimum absolute atomic E-state index is 0.155. The van der Waals surface area contributed by atoms with E-state index < -0.39 is 5.97 Å². The highest BCUT2D eigenvalue weighted by atomic mass is 16.5. The number of nitrogen functional groups attached to an aromatic ring is 1. The lowest BCUT2D eigenvalue weighted by Gasteiger charge is -2.15. The van der Waals surface area contributed by atoms with Gasteiger partial charge in [0.05, 0.1) is 18.4 Å². The number of carbonyl (C=O) groups excluding carboxylic acids is 2. The number of esters is 1. The molecule has 0 radical (unpaired) electrons. The number of benzene rings is 1. The summed E-state index contributed by atoms with van der Waals surface area (Å²) in [6.07, 6.45) is 2.02. The van der Waals surface area contributed by atoms with Crippen LogP contribution in [-0.4, -0.2) is 43.6 Å². The number of ether oxygens (including phenoxy) is 2. The summed E-state index contributed by atoms with van der Waals surface area (Å²) >= 11 is 0. The van der Waals surface area contributed by atoms with Crippen LogP contribution in [0.2, 0.25) is 0 Å². The van der Waals surface area contributed by atoms with E-state index in [1.807, 2.05) is 0 Å². The van der Waals surface area contributed by atoms with E-state index in [9.17, 15) is 9.59 Å². The Kier molecular flexibility index (Phi) is 4.45. The Bertz CT molecular complexity index is 510. The molecule has 0 bridgehead atoms. The van der Waals surface area contributed by atoms with E-state index in [1.54, 1.807) is 17.0 Å². The van der Waals surface area contributed by atoms with Gasteiger partial charge in [-0.3, -0.25) is 4.79 Å². The molecule has 1 aliphatic heterocycles. The van der Waals surface area contributed by atoms with Gasteiger partial charge in [0.2, 0.25) is 0 Å². The number of nitrogens with zero attached hydrogens (tertiary/aromatic N) is 1. The molecule has 1 saturated heterocycles. The van der Waals surface area contributed by atoms with Gasteiger partial charge in [0.1, 0.15) is 5.75 Å². The quantitative estimate of drug-likeness (QED) is 0.657. The number of anilines is 1. The molecule has 2 N–H and O–H groups in total. The van der Waals surface area contributed by atoms with E-state index in [2.05, 4.69) is 0 Å². The second-order valence-electron chi connectivity index (χ2n) is 4.62. The van der Waals surface area contributed by atoms with Crippen LogP contribution < -0.4 is 10.5 Å². The Balaban J connectivity index is 1.91. The van der Waals surface area contributed by atoms with Gasteiger partial charge in [-0.05, 0) is 31.0 Å². The zero-order chi connectivity index (χ0) is 14.5. The van der Waals surface area contributed by atoms with Crippen LogP contribution in [0.4, 0.5) is 5.69 Å². The molecule has 1 aromatic rings. The molecule has 108 valence electrons. The predicted molar refractivity (Wildman–Crippen MR) is 73.5 cm³/mol. The summed E-state index contributed by atoms with van der Waals surface area (Å²) < 4.78 is 10.0. The molecule has 6 nitrogen and oxygen atoms in total. The Hall–Kier alpha value is -2.24. The minimum atomic E-state index is -0.563. The summed E-state index contributed by atoms with van der Waals surface area (Å²) in [6.45, 7) is 1.25. The average Bonchev–Trinajstić information content (AvgIpc) is 2.98. The number of nitrogens with two attached hydrogens (primary N) is 1. The van der Waals surface area contributed by atoms with Crippen molar-refractivity contribution in [3.63, 3.8) is 0 Å². The maximum Gasteiger partial charge on any atom is 0.338 e. The zero-order valence-electron chi connectivity index (χ0n) is 11.4. The van der Waals surface area contributed by atoms with E-state index in [4.69, 9.17) is 15.2 Å². The number of methoxy groups -OCH3 is 1. The van der Waals surface area contributed by atoms with Gasteiger partial charge in [0.15, 0.2) is 6.61 Å². The lowest BCUT2D eigenvalue weighted by molar-refractivity contribution is -0.133. The van der Waals surface area contributed by atoms with Crippen LogP contribution in [-0.2, 0) is 9.53 Å². The van der Waals surface area contributed by atoms with Crippen molar-refractivity contribution >= 4 is 17.6 Å². The molecule has 0 aromatic heterocycles. The molecule has 20 heavy (non-hydrogen) atoms. The molecule has 6 heteroatoms. The van der Waals surface area contributed by atoms with E-state index in [1.165, 1.54) is 13.2 Å². The second-order valence-corrected chi connectivity index (χ2v) is 4.62. The summed E-state index contributed by atoms with van der Waals surface area (Å²) in [7, 11) is 1.50. The number of likely N-dealkylation sites (tertiary alicyclic amines) is 1. The Morgan fingerprint density at radius 1 is 1.30 bits per heavy atom. The molecule has 2 rings (SSSR count). The van der Waals surface area contributed by atoms with Crippen molar-refractivity contribution in [1.82, 2.24) is 4.90 Å². The molecule has 0 aliphatic carbocycles. The molecule has 1 aromatic carbocycles. The summed E-state index contributed by atoms with van der Waals surface area (Å²) in [5.74, 6) is -0.223. The summed E-state index contributed by atoms with van der Waals surface area (Å²) in [4.78, 5) is 25.3. The SMILES string of the molecule is COc1ccc(C(=O)OCC(=O)N2CCCC2)cc1N. The number of hydrogen-bond donors (Lipinski definition) is 1. The van der Waals surface area contributed by atoms with Crippen LogP contribution in [0, 0.1) is 0 Å². The Morgan fingerprint density at radius 3 is 2.60 bits per heavy atom. The highest BCUT2D eigenvalue weighted by Gasteiger charge is 2.19. The maximum atomic E-state index is 11.8. The van der Waals surface area contributed by atoms with Gasteiger partial charge >= 0.3 is 5.97 Å². The Morgan fingerprint density at radius 2 is 2.00 bits per heavy atom. The van der Waals surface area contributed by atoms with Crippen molar-refractivity contribution < 1.29 is 19.1 Å². The maximum absolute atomic E-state index is 11.8. The van der Waals surface area contributed by atoms with Crippen LogP contribution in [0.3, 0.4) is 0 Å². The van der Waals surface area contributed by atoms with Gasteiger partial charge < -0.3 is 20.1 Å². The van der Waals surface area contributed by atoms with E-state index in [0.717, 1.165) is 25.9 Å². The van der Waals surface area contributed by atoms with E-state index >= 15 is 0 Å². The predicted octanol–water partition coefficient (Wildman–Crippen LogP) is 1.06. The van der Waals surface area contributed by atoms with Gasteiger partial charge in [-0.25, -0.2) is 4.79 Å². The van der Waals surface area contributed by atoms with Crippen molar-refractivity contribution in [3.05, 3.63) is 23.8 Å². The molecule has 1 aliphatic rings. The normalized spacial score (nSPS) is 14.2. The topological polar surface area (TPSA) is 81.9 Å². The van der Waals surface area contributed by atoms with Crippen LogP contribution in [0.5, 0.6) is 5.75 Å². The highest BCUT2D eigenvalue weighted by molar-refractivity contribution is 5.92. The van der Waals surface area contributed by atoms with Crippen molar-refractivity contribution in [2.75, 3.05) is 32.5 Å². The van der Waals surface area contributed by atoms with Crippen LogP contribution in [0.1, 0.15) is 23.2 Å². The van der Waals surface area contributed by atoms with Gasteiger partial charge in [0.25, 0.3) is 5.91 Å². The lowest BCUT2D eigenvalue weighted by atomic mass is 10.2. The van der Waals surface area contributed by atoms with Gasteiger partial charge in [0, 0.05) is 13.1 Å². The first-order valence-electron chi connectivity index (χ1n) is 6.50. The molecule has 1 fully saturated rings. The minimum Gasteiger partial charge on any atom is -0.495 e. The van der Waals surface area contributed by atoms with Gasteiger partial charge in [-0.2, -0.15) is 0 Å². The molecular weight excluding hydrogens is 260 g/mol. The molecule has 1 amide bonds. The largest absolute Gasteiger partial charge is 0.495 e. The van der Waals surface area contributed by atoms with Crippen LogP contribution in [0.25, 0.3) is 0 Å². The number of amides is 1. The third-order valence-electron chi connectivity index (χ3n) is 3.25. The monoisotopic (exact) mass is 278 g/mol. The smallest absolute Gasteiger partial charge is 0.338 e. The standard InChI is InChI=1S/C14H18N2O4/c1-19-12-5-4-10(8-11(12)15)14(18)20-9-13(17)16-6-2-3-7-16/h4-5,8H,2-3,6-7,9,15H2,1H3. The molecule has 0 saturated carbocycles. The molecule has 0 atom stereocenters. The summed E-state index contributed by atoms with van der Waals surface area (Å²) in [5.41, 5.74) is 6.37. The second kappa shape index (κ2) is 6.27. The molecule has 0 unspecified atom stereocenters. The van der Waals surface area contributed by atoms with Gasteiger partial charge in [-0.15, -0.1) is 0 Å². The number of carbonyl (C=O) groups is 2. The van der Waals surface area contributed by atoms with E-state index in [-0.39, 0.29) is 12.5 Å². The first-order valence-corrected chi connectivity index (χ1v) is 6.50. The molecular formula is C14H18N2O4. The van der Waals surface area contributed by atoms with Crippen molar-refractivity contribution in [2.24, 2.45) is 0 Å². The van der Waals surface area contributed by atoms with Crippen molar-refractivity contribution in [1.29, 1.82) is 0 Å². The zero-order valence-corrected chi connectivity index (χ0v) is 11.4. The summed E-state index contributed by atoms with van der Waals surface area (Å²) in [5, 5.41) is 0. The fraction of sp³-hybridized carbons (Fsp3) is 0.429. The highest BCUT2D eigenvalue weighted by Crippen LogP contribution is 2.22. The first kappa shape index (κ1) is 14.2. The summed E-state index contributed by atoms with van der Waals surface area (Å²) in [6, 6.07) is 4.62. The third kappa shape index (κ3) is 3.20.